The lowest BCUT2D eigenvalue weighted by Gasteiger charge is -2.27. The zero-order chi connectivity index (χ0) is 31.0. The maximum Gasteiger partial charge on any atom is 0.472 e. The van der Waals surface area contributed by atoms with Gasteiger partial charge in [-0.05, 0) is 0 Å². The van der Waals surface area contributed by atoms with Gasteiger partial charge in [0.2, 0.25) is 7.57 Å². The summed E-state index contributed by atoms with van der Waals surface area (Å²) in [7, 11) is -3.96. The van der Waals surface area contributed by atoms with E-state index < -0.39 is 77.7 Å². The zero-order valence-corrected chi connectivity index (χ0v) is 23.8. The average molecular weight is 656 g/mol. The largest absolute Gasteiger partial charge is 0.472 e. The summed E-state index contributed by atoms with van der Waals surface area (Å²) in [6, 6.07) is 0. The van der Waals surface area contributed by atoms with Crippen LogP contribution in [-0.2, 0) is 36.7 Å². The molecule has 0 spiro atoms. The summed E-state index contributed by atoms with van der Waals surface area (Å²) in [5, 5.41) is 0. The molecule has 0 saturated carbocycles. The van der Waals surface area contributed by atoms with Crippen LogP contribution in [0.15, 0.2) is 25.3 Å². The number of ether oxygens (including phenoxy) is 2. The van der Waals surface area contributed by atoms with Gasteiger partial charge in [-0.2, -0.15) is 0 Å². The minimum Gasteiger partial charge on any atom is -0.382 e. The van der Waals surface area contributed by atoms with Crippen LogP contribution in [0.5, 0.6) is 0 Å². The molecule has 3 fully saturated rings. The molecule has 0 amide bonds. The molecule has 7 heterocycles. The molecule has 4 aromatic rings. The van der Waals surface area contributed by atoms with Gasteiger partial charge in [0.05, 0.1) is 25.9 Å². The van der Waals surface area contributed by atoms with Gasteiger partial charge in [-0.3, -0.25) is 22.7 Å². The van der Waals surface area contributed by atoms with Gasteiger partial charge in [0.15, 0.2) is 47.7 Å². The lowest BCUT2D eigenvalue weighted by Crippen LogP contribution is -2.34. The molecular formula is C20H21BF2N10O9P2. The normalized spacial score (nSPS) is 38.2. The number of nitrogens with zero attached hydrogens (tertiary/aromatic N) is 8. The summed E-state index contributed by atoms with van der Waals surface area (Å²) >= 11 is 0. The second-order valence-electron chi connectivity index (χ2n) is 9.92. The Morgan fingerprint density at radius 1 is 0.795 bits per heavy atom. The fourth-order valence-electron chi connectivity index (χ4n) is 5.19. The number of imidazole rings is 2. The van der Waals surface area contributed by atoms with Gasteiger partial charge in [0.25, 0.3) is 7.47 Å². The van der Waals surface area contributed by atoms with E-state index in [0.717, 1.165) is 17.2 Å². The molecule has 232 valence electrons. The van der Waals surface area contributed by atoms with Gasteiger partial charge in [0, 0.05) is 0 Å². The Morgan fingerprint density at radius 3 is 2.00 bits per heavy atom. The molecule has 5 N–H and O–H groups in total. The minimum atomic E-state index is -5.13. The topological polar surface area (TPSA) is 249 Å². The van der Waals surface area contributed by atoms with E-state index in [9.17, 15) is 14.0 Å². The van der Waals surface area contributed by atoms with E-state index in [0.29, 0.717) is 0 Å². The number of fused-ring (bicyclic) bond motifs is 5. The summed E-state index contributed by atoms with van der Waals surface area (Å²) in [4.78, 5) is 34.4. The SMILES string of the molecule is [B]P1(=O)OC[C@H]2O[C@@H](n3cnc4c(N)ncnc43)[C@H](F)[C@@H]2OP(=O)(O)OC[C@H]2O[C@@H](n3cnc4c(N)ncnc43)[C@H](O1)[C@H]2F. The van der Waals surface area contributed by atoms with Crippen LogP contribution in [0.2, 0.25) is 0 Å². The summed E-state index contributed by atoms with van der Waals surface area (Å²) in [6.45, 7) is -1.68. The number of alkyl halides is 2. The maximum absolute atomic E-state index is 15.9. The van der Waals surface area contributed by atoms with Crippen LogP contribution in [0, 0.1) is 0 Å². The highest BCUT2D eigenvalue weighted by Crippen LogP contribution is 2.54. The first-order valence-electron chi connectivity index (χ1n) is 12.7. The zero-order valence-electron chi connectivity index (χ0n) is 22.0. The Morgan fingerprint density at radius 2 is 1.36 bits per heavy atom. The Labute approximate surface area is 245 Å². The minimum absolute atomic E-state index is 0.0136. The van der Waals surface area contributed by atoms with Gasteiger partial charge in [-0.1, -0.05) is 0 Å². The fraction of sp³-hybridized carbons (Fsp3) is 0.500. The first-order chi connectivity index (χ1) is 20.9. The summed E-state index contributed by atoms with van der Waals surface area (Å²) in [5.74, 6) is 0.0316. The van der Waals surface area contributed by atoms with Crippen LogP contribution in [0.1, 0.15) is 12.5 Å². The summed E-state index contributed by atoms with van der Waals surface area (Å²) in [6.07, 6.45) is -9.34. The van der Waals surface area contributed by atoms with Crippen LogP contribution >= 0.6 is 15.3 Å². The average Bonchev–Trinajstić information content (AvgIpc) is 3.73. The molecule has 0 aromatic carbocycles. The number of aromatic nitrogens is 8. The van der Waals surface area contributed by atoms with Crippen molar-refractivity contribution < 1.29 is 50.4 Å². The van der Waals surface area contributed by atoms with Crippen molar-refractivity contribution in [2.75, 3.05) is 24.7 Å². The number of hydrogen-bond acceptors (Lipinski definition) is 16. The molecule has 3 saturated heterocycles. The number of anilines is 2. The molecule has 2 unspecified atom stereocenters. The second-order valence-corrected chi connectivity index (χ2v) is 12.9. The summed E-state index contributed by atoms with van der Waals surface area (Å²) < 4.78 is 92.6. The van der Waals surface area contributed by atoms with E-state index in [-0.39, 0.29) is 34.0 Å². The van der Waals surface area contributed by atoms with Crippen LogP contribution in [0.3, 0.4) is 0 Å². The van der Waals surface area contributed by atoms with E-state index >= 15 is 8.78 Å². The third-order valence-electron chi connectivity index (χ3n) is 7.20. The predicted molar refractivity (Wildman–Crippen MR) is 142 cm³/mol. The van der Waals surface area contributed by atoms with Crippen LogP contribution in [-0.4, -0.2) is 101 Å². The molecule has 2 bridgehead atoms. The second kappa shape index (κ2) is 10.7. The molecular weight excluding hydrogens is 635 g/mol. The standard InChI is InChI=1S/C20H21BF2N10O9P2/c21-43(34)37-2-8-13(10(23)19(40-8)32-5-30-11-15(24)26-3-28-17(11)32)42-44(35,36)38-1-7-9(22)14(41-43)20(39-7)33-6-31-12-16(25)27-4-29-18(12)33/h3-10,13-14,19-20H,1-2H2,(H,35,36)(H2,24,26,28)(H2,25,27,29)/t7-,8-,9+,10-,13-,14-,19-,20-,43?/m1/s1. The Hall–Kier alpha value is -3.20. The number of rotatable bonds is 2. The summed E-state index contributed by atoms with van der Waals surface area (Å²) in [5.41, 5.74) is 12.1. The lowest BCUT2D eigenvalue weighted by molar-refractivity contribution is -0.0613. The first-order valence-corrected chi connectivity index (χ1v) is 15.9. The monoisotopic (exact) mass is 656 g/mol. The van der Waals surface area contributed by atoms with Crippen molar-refractivity contribution in [1.82, 2.24) is 39.0 Å². The Bertz CT molecular complexity index is 1840. The van der Waals surface area contributed by atoms with Crippen molar-refractivity contribution in [2.45, 2.75) is 49.2 Å². The van der Waals surface area contributed by atoms with E-state index in [4.69, 9.17) is 46.6 Å². The first kappa shape index (κ1) is 29.5. The molecule has 7 rings (SSSR count). The highest BCUT2D eigenvalue weighted by Gasteiger charge is 2.54. The van der Waals surface area contributed by atoms with Gasteiger partial charge in [0.1, 0.15) is 48.1 Å². The van der Waals surface area contributed by atoms with E-state index in [1.54, 1.807) is 0 Å². The van der Waals surface area contributed by atoms with E-state index in [1.807, 2.05) is 0 Å². The van der Waals surface area contributed by atoms with Gasteiger partial charge in [-0.25, -0.2) is 43.2 Å². The third-order valence-corrected chi connectivity index (χ3v) is 9.23. The molecule has 3 aliphatic rings. The fourth-order valence-corrected chi connectivity index (χ4v) is 7.12. The number of phosphoric acid groups is 1. The van der Waals surface area contributed by atoms with Crippen molar-refractivity contribution in [3.8, 4) is 0 Å². The highest BCUT2D eigenvalue weighted by atomic mass is 31.2. The molecule has 2 radical (unpaired) electrons. The van der Waals surface area contributed by atoms with E-state index in [2.05, 4.69) is 29.9 Å². The van der Waals surface area contributed by atoms with E-state index in [1.165, 1.54) is 17.2 Å². The number of hydrogen-bond donors (Lipinski definition) is 3. The van der Waals surface area contributed by atoms with Gasteiger partial charge >= 0.3 is 7.82 Å². The van der Waals surface area contributed by atoms with Crippen molar-refractivity contribution in [2.24, 2.45) is 0 Å². The van der Waals surface area contributed by atoms with Crippen LogP contribution < -0.4 is 11.5 Å². The molecule has 44 heavy (non-hydrogen) atoms. The van der Waals surface area contributed by atoms with Crippen molar-refractivity contribution in [3.05, 3.63) is 25.3 Å². The number of phosphoric ester groups is 1. The molecule has 3 aliphatic heterocycles. The Kier molecular flexibility index (Phi) is 7.18. The molecule has 19 nitrogen and oxygen atoms in total. The van der Waals surface area contributed by atoms with Crippen LogP contribution in [0.4, 0.5) is 20.4 Å². The van der Waals surface area contributed by atoms with Gasteiger partial charge in [-0.15, -0.1) is 0 Å². The maximum atomic E-state index is 15.9. The molecule has 10 atom stereocenters. The number of nitrogens with two attached hydrogens (primary N) is 2. The number of nitrogen functional groups attached to an aromatic ring is 2. The molecule has 4 aromatic heterocycles. The van der Waals surface area contributed by atoms with Crippen molar-refractivity contribution in [3.63, 3.8) is 0 Å². The van der Waals surface area contributed by atoms with Crippen molar-refractivity contribution >= 4 is 56.8 Å². The molecule has 24 heteroatoms. The molecule has 0 aliphatic carbocycles. The smallest absolute Gasteiger partial charge is 0.382 e. The lowest BCUT2D eigenvalue weighted by atomic mass is 10.1. The third kappa shape index (κ3) is 5.05. The quantitative estimate of drug-likeness (QED) is 0.196. The van der Waals surface area contributed by atoms with Crippen LogP contribution in [0.25, 0.3) is 22.3 Å². The Balaban J connectivity index is 1.20. The predicted octanol–water partition coefficient (Wildman–Crippen LogP) is 0.496. The highest BCUT2D eigenvalue weighted by molar-refractivity contribution is 7.79. The van der Waals surface area contributed by atoms with Gasteiger partial charge < -0.3 is 34.9 Å². The number of halogens is 2. The van der Waals surface area contributed by atoms with Crippen molar-refractivity contribution in [1.29, 1.82) is 0 Å².